The van der Waals surface area contributed by atoms with Crippen molar-refractivity contribution in [1.29, 1.82) is 0 Å². The SMILES string of the molecule is COc1ccc(-c2noc(-c3cc([N+](=O)[O-])ccc3Cl)n2)cc1. The number of methoxy groups -OCH3 is 1. The van der Waals surface area contributed by atoms with Gasteiger partial charge in [-0.1, -0.05) is 16.8 Å². The number of nitrogens with zero attached hydrogens (tertiary/aromatic N) is 3. The van der Waals surface area contributed by atoms with Gasteiger partial charge in [0, 0.05) is 17.7 Å². The number of benzene rings is 2. The standard InChI is InChI=1S/C15H10ClN3O4/c1-22-11-5-2-9(3-6-11)14-17-15(23-18-14)12-8-10(19(20)21)4-7-13(12)16/h2-8H,1H3. The third-order valence-corrected chi connectivity index (χ3v) is 3.50. The van der Waals surface area contributed by atoms with Crippen LogP contribution in [0.1, 0.15) is 0 Å². The van der Waals surface area contributed by atoms with Crippen LogP contribution in [0.2, 0.25) is 5.02 Å². The number of halogens is 1. The smallest absolute Gasteiger partial charge is 0.270 e. The first kappa shape index (κ1) is 15.0. The molecular formula is C15H10ClN3O4. The monoisotopic (exact) mass is 331 g/mol. The van der Waals surface area contributed by atoms with Crippen LogP contribution < -0.4 is 4.74 Å². The van der Waals surface area contributed by atoms with Crippen LogP contribution in [0.15, 0.2) is 47.0 Å². The fourth-order valence-corrected chi connectivity index (χ4v) is 2.18. The van der Waals surface area contributed by atoms with Crippen LogP contribution in [-0.4, -0.2) is 22.2 Å². The van der Waals surface area contributed by atoms with Crippen molar-refractivity contribution < 1.29 is 14.2 Å². The van der Waals surface area contributed by atoms with Crippen LogP contribution in [0.25, 0.3) is 22.8 Å². The average molecular weight is 332 g/mol. The third-order valence-electron chi connectivity index (χ3n) is 3.17. The van der Waals surface area contributed by atoms with Gasteiger partial charge in [0.1, 0.15) is 5.75 Å². The minimum absolute atomic E-state index is 0.103. The van der Waals surface area contributed by atoms with E-state index in [1.807, 2.05) is 0 Å². The molecule has 0 saturated heterocycles. The normalized spacial score (nSPS) is 10.5. The van der Waals surface area contributed by atoms with Crippen LogP contribution in [0.5, 0.6) is 5.75 Å². The van der Waals surface area contributed by atoms with Gasteiger partial charge in [0.25, 0.3) is 11.6 Å². The van der Waals surface area contributed by atoms with Crippen molar-refractivity contribution in [3.63, 3.8) is 0 Å². The van der Waals surface area contributed by atoms with Gasteiger partial charge in [0.2, 0.25) is 5.82 Å². The number of ether oxygens (including phenoxy) is 1. The molecule has 0 saturated carbocycles. The Morgan fingerprint density at radius 1 is 1.22 bits per heavy atom. The average Bonchev–Trinajstić information content (AvgIpc) is 3.05. The Morgan fingerprint density at radius 3 is 2.61 bits per heavy atom. The van der Waals surface area contributed by atoms with Gasteiger partial charge in [0.15, 0.2) is 0 Å². The zero-order valence-electron chi connectivity index (χ0n) is 11.9. The van der Waals surface area contributed by atoms with Crippen molar-refractivity contribution >= 4 is 17.3 Å². The second-order valence-electron chi connectivity index (χ2n) is 4.57. The fraction of sp³-hybridized carbons (Fsp3) is 0.0667. The Bertz CT molecular complexity index is 861. The molecule has 0 fully saturated rings. The largest absolute Gasteiger partial charge is 0.497 e. The molecule has 0 radical (unpaired) electrons. The molecule has 3 aromatic rings. The summed E-state index contributed by atoms with van der Waals surface area (Å²) in [4.78, 5) is 14.6. The molecule has 1 aromatic heterocycles. The summed E-state index contributed by atoms with van der Waals surface area (Å²) < 4.78 is 10.3. The fourth-order valence-electron chi connectivity index (χ4n) is 1.98. The van der Waals surface area contributed by atoms with E-state index < -0.39 is 4.92 Å². The Labute approximate surface area is 135 Å². The van der Waals surface area contributed by atoms with Crippen LogP contribution in [-0.2, 0) is 0 Å². The highest BCUT2D eigenvalue weighted by Gasteiger charge is 2.17. The molecule has 0 atom stereocenters. The molecule has 0 aliphatic rings. The van der Waals surface area contributed by atoms with E-state index in [0.717, 1.165) is 5.56 Å². The third kappa shape index (κ3) is 3.00. The van der Waals surface area contributed by atoms with E-state index in [-0.39, 0.29) is 11.6 Å². The maximum absolute atomic E-state index is 10.9. The molecule has 0 bridgehead atoms. The van der Waals surface area contributed by atoms with Crippen LogP contribution in [0.3, 0.4) is 0 Å². The molecule has 7 nitrogen and oxygen atoms in total. The van der Waals surface area contributed by atoms with Gasteiger partial charge in [-0.3, -0.25) is 10.1 Å². The Morgan fingerprint density at radius 2 is 1.96 bits per heavy atom. The summed E-state index contributed by atoms with van der Waals surface area (Å²) in [6.45, 7) is 0. The zero-order chi connectivity index (χ0) is 16.4. The maximum Gasteiger partial charge on any atom is 0.270 e. The summed E-state index contributed by atoms with van der Waals surface area (Å²) in [6, 6.07) is 11.1. The second kappa shape index (κ2) is 6.05. The Kier molecular flexibility index (Phi) is 3.94. The molecule has 116 valence electrons. The van der Waals surface area contributed by atoms with E-state index in [4.69, 9.17) is 20.9 Å². The Hall–Kier alpha value is -2.93. The number of nitro benzene ring substituents is 1. The highest BCUT2D eigenvalue weighted by atomic mass is 35.5. The molecule has 3 rings (SSSR count). The van der Waals surface area contributed by atoms with Crippen molar-refractivity contribution in [2.75, 3.05) is 7.11 Å². The molecule has 0 aliphatic heterocycles. The number of nitro groups is 1. The molecule has 0 amide bonds. The number of non-ortho nitro benzene ring substituents is 1. The van der Waals surface area contributed by atoms with E-state index in [1.54, 1.807) is 31.4 Å². The molecule has 23 heavy (non-hydrogen) atoms. The minimum atomic E-state index is -0.513. The zero-order valence-corrected chi connectivity index (χ0v) is 12.6. The lowest BCUT2D eigenvalue weighted by Crippen LogP contribution is -1.89. The summed E-state index contributed by atoms with van der Waals surface area (Å²) in [7, 11) is 1.58. The number of hydrogen-bond acceptors (Lipinski definition) is 6. The first-order valence-corrected chi connectivity index (χ1v) is 6.88. The quantitative estimate of drug-likeness (QED) is 0.530. The van der Waals surface area contributed by atoms with Crippen molar-refractivity contribution in [2.45, 2.75) is 0 Å². The molecular weight excluding hydrogens is 322 g/mol. The lowest BCUT2D eigenvalue weighted by atomic mass is 10.2. The van der Waals surface area contributed by atoms with E-state index in [9.17, 15) is 10.1 Å². The van der Waals surface area contributed by atoms with Crippen LogP contribution in [0.4, 0.5) is 5.69 Å². The molecule has 0 N–H and O–H groups in total. The van der Waals surface area contributed by atoms with Crippen molar-refractivity contribution in [1.82, 2.24) is 10.1 Å². The van der Waals surface area contributed by atoms with E-state index in [2.05, 4.69) is 10.1 Å². The maximum atomic E-state index is 10.9. The molecule has 0 spiro atoms. The number of hydrogen-bond donors (Lipinski definition) is 0. The lowest BCUT2D eigenvalue weighted by Gasteiger charge is -1.99. The summed E-state index contributed by atoms with van der Waals surface area (Å²) in [5.74, 6) is 1.17. The summed E-state index contributed by atoms with van der Waals surface area (Å²) in [5.41, 5.74) is 0.934. The van der Waals surface area contributed by atoms with Crippen LogP contribution >= 0.6 is 11.6 Å². The predicted octanol–water partition coefficient (Wildman–Crippen LogP) is 3.97. The van der Waals surface area contributed by atoms with Crippen molar-refractivity contribution in [3.8, 4) is 28.6 Å². The van der Waals surface area contributed by atoms with Gasteiger partial charge in [0.05, 0.1) is 22.6 Å². The molecule has 8 heteroatoms. The van der Waals surface area contributed by atoms with Crippen molar-refractivity contribution in [2.24, 2.45) is 0 Å². The lowest BCUT2D eigenvalue weighted by molar-refractivity contribution is -0.384. The molecule has 0 aliphatic carbocycles. The highest BCUT2D eigenvalue weighted by molar-refractivity contribution is 6.33. The second-order valence-corrected chi connectivity index (χ2v) is 4.98. The number of rotatable bonds is 4. The summed E-state index contributed by atoms with van der Waals surface area (Å²) in [6.07, 6.45) is 0. The summed E-state index contributed by atoms with van der Waals surface area (Å²) in [5, 5.41) is 15.0. The molecule has 1 heterocycles. The van der Waals surface area contributed by atoms with E-state index in [0.29, 0.717) is 22.2 Å². The van der Waals surface area contributed by atoms with Gasteiger partial charge in [-0.2, -0.15) is 4.98 Å². The summed E-state index contributed by atoms with van der Waals surface area (Å²) >= 11 is 6.06. The van der Waals surface area contributed by atoms with E-state index in [1.165, 1.54) is 18.2 Å². The first-order valence-electron chi connectivity index (χ1n) is 6.51. The predicted molar refractivity (Wildman–Crippen MR) is 83.4 cm³/mol. The van der Waals surface area contributed by atoms with Crippen LogP contribution in [0, 0.1) is 10.1 Å². The molecule has 2 aromatic carbocycles. The van der Waals surface area contributed by atoms with Gasteiger partial charge in [-0.15, -0.1) is 0 Å². The van der Waals surface area contributed by atoms with E-state index >= 15 is 0 Å². The number of aromatic nitrogens is 2. The topological polar surface area (TPSA) is 91.3 Å². The van der Waals surface area contributed by atoms with Gasteiger partial charge < -0.3 is 9.26 Å². The molecule has 0 unspecified atom stereocenters. The van der Waals surface area contributed by atoms with Crippen molar-refractivity contribution in [3.05, 3.63) is 57.6 Å². The Balaban J connectivity index is 1.98. The van der Waals surface area contributed by atoms with Gasteiger partial charge in [-0.25, -0.2) is 0 Å². The first-order chi connectivity index (χ1) is 11.1. The van der Waals surface area contributed by atoms with Gasteiger partial charge in [-0.05, 0) is 30.3 Å². The highest BCUT2D eigenvalue weighted by Crippen LogP contribution is 2.31. The van der Waals surface area contributed by atoms with Gasteiger partial charge >= 0.3 is 0 Å². The minimum Gasteiger partial charge on any atom is -0.497 e.